The van der Waals surface area contributed by atoms with E-state index in [2.05, 4.69) is 0 Å². The first-order valence-electron chi connectivity index (χ1n) is 3.14. The summed E-state index contributed by atoms with van der Waals surface area (Å²) in [7, 11) is 0. The minimum atomic E-state index is -0.403. The highest BCUT2D eigenvalue weighted by atomic mass is 35.5. The van der Waals surface area contributed by atoms with Gasteiger partial charge in [-0.05, 0) is 18.2 Å². The summed E-state index contributed by atoms with van der Waals surface area (Å²) in [6.45, 7) is 0. The second kappa shape index (κ2) is 3.70. The smallest absolute Gasteiger partial charge is 0.203 e. The Bertz CT molecular complexity index is 316. The number of hydrogen-bond acceptors (Lipinski definition) is 2. The average Bonchev–Trinajstić information content (AvgIpc) is 2.01. The lowest BCUT2D eigenvalue weighted by atomic mass is 10.1. The molecule has 4 heteroatoms. The third-order valence-corrected chi connectivity index (χ3v) is 1.71. The van der Waals surface area contributed by atoms with Gasteiger partial charge in [0.25, 0.3) is 0 Å². The minimum Gasteiger partial charge on any atom is -0.305 e. The molecule has 0 heterocycles. The van der Waals surface area contributed by atoms with E-state index in [1.807, 2.05) is 0 Å². The zero-order chi connectivity index (χ0) is 9.14. The zero-order valence-electron chi connectivity index (χ0n) is 5.97. The molecule has 0 aromatic heterocycles. The molecule has 1 rings (SSSR count). The van der Waals surface area contributed by atoms with Gasteiger partial charge in [0.1, 0.15) is 0 Å². The van der Waals surface area contributed by atoms with Crippen LogP contribution in [0.4, 0.5) is 0 Å². The first kappa shape index (κ1) is 9.23. The van der Waals surface area contributed by atoms with Crippen LogP contribution >= 0.6 is 23.2 Å². The predicted octanol–water partition coefficient (Wildman–Crippen LogP) is 2.83. The first-order valence-corrected chi connectivity index (χ1v) is 3.90. The van der Waals surface area contributed by atoms with Crippen LogP contribution in [0.25, 0.3) is 0 Å². The van der Waals surface area contributed by atoms with E-state index < -0.39 is 5.78 Å². The van der Waals surface area contributed by atoms with Crippen LogP contribution in [0, 0.1) is 5.41 Å². The molecule has 0 spiro atoms. The number of Topliss-reactive ketones (excluding diaryl/α,β-unsaturated/α-hetero) is 1. The van der Waals surface area contributed by atoms with Crippen molar-refractivity contribution in [3.05, 3.63) is 33.8 Å². The highest BCUT2D eigenvalue weighted by Gasteiger charge is 2.03. The van der Waals surface area contributed by atoms with Crippen molar-refractivity contribution >= 4 is 35.2 Å². The van der Waals surface area contributed by atoms with E-state index in [4.69, 9.17) is 28.6 Å². The number of ketones is 1. The van der Waals surface area contributed by atoms with E-state index in [0.29, 0.717) is 15.6 Å². The molecule has 0 saturated carbocycles. The van der Waals surface area contributed by atoms with Crippen molar-refractivity contribution in [2.75, 3.05) is 0 Å². The number of hydrogen-bond donors (Lipinski definition) is 1. The number of rotatable bonds is 2. The van der Waals surface area contributed by atoms with E-state index in [-0.39, 0.29) is 0 Å². The van der Waals surface area contributed by atoms with Crippen LogP contribution in [0.5, 0.6) is 0 Å². The molecule has 0 aliphatic rings. The molecular formula is C8H5Cl2NO. The largest absolute Gasteiger partial charge is 0.305 e. The van der Waals surface area contributed by atoms with E-state index >= 15 is 0 Å². The fourth-order valence-electron chi connectivity index (χ4n) is 0.779. The molecule has 0 saturated heterocycles. The molecule has 2 nitrogen and oxygen atoms in total. The Morgan fingerprint density at radius 3 is 2.17 bits per heavy atom. The molecule has 0 aliphatic heterocycles. The third-order valence-electron chi connectivity index (χ3n) is 1.28. The number of carbonyl (C=O) groups excluding carboxylic acids is 1. The maximum atomic E-state index is 11.0. The van der Waals surface area contributed by atoms with Gasteiger partial charge in [0.15, 0.2) is 0 Å². The molecule has 1 N–H and O–H groups in total. The van der Waals surface area contributed by atoms with Crippen molar-refractivity contribution in [3.8, 4) is 0 Å². The van der Waals surface area contributed by atoms with Gasteiger partial charge >= 0.3 is 0 Å². The van der Waals surface area contributed by atoms with Crippen molar-refractivity contribution in [1.29, 1.82) is 5.41 Å². The second-order valence-electron chi connectivity index (χ2n) is 2.17. The van der Waals surface area contributed by atoms with Crippen LogP contribution in [-0.4, -0.2) is 12.0 Å². The lowest BCUT2D eigenvalue weighted by Gasteiger charge is -1.97. The van der Waals surface area contributed by atoms with Gasteiger partial charge in [-0.15, -0.1) is 0 Å². The summed E-state index contributed by atoms with van der Waals surface area (Å²) in [5.74, 6) is -0.403. The summed E-state index contributed by atoms with van der Waals surface area (Å²) >= 11 is 11.3. The Kier molecular flexibility index (Phi) is 2.84. The van der Waals surface area contributed by atoms with E-state index in [1.165, 1.54) is 18.2 Å². The van der Waals surface area contributed by atoms with Crippen molar-refractivity contribution < 1.29 is 4.79 Å². The maximum Gasteiger partial charge on any atom is 0.203 e. The van der Waals surface area contributed by atoms with Crippen molar-refractivity contribution in [1.82, 2.24) is 0 Å². The van der Waals surface area contributed by atoms with E-state index in [9.17, 15) is 4.79 Å². The van der Waals surface area contributed by atoms with Gasteiger partial charge in [0, 0.05) is 15.6 Å². The number of nitrogens with one attached hydrogen (secondary N) is 1. The summed E-state index contributed by atoms with van der Waals surface area (Å²) < 4.78 is 0. The SMILES string of the molecule is N=CC(=O)c1cc(Cl)cc(Cl)c1. The van der Waals surface area contributed by atoms with Crippen LogP contribution in [0.15, 0.2) is 18.2 Å². The van der Waals surface area contributed by atoms with Crippen molar-refractivity contribution in [2.24, 2.45) is 0 Å². The first-order chi connectivity index (χ1) is 5.63. The summed E-state index contributed by atoms with van der Waals surface area (Å²) in [5, 5.41) is 7.52. The number of carbonyl (C=O) groups is 1. The molecule has 1 aromatic carbocycles. The predicted molar refractivity (Wildman–Crippen MR) is 49.6 cm³/mol. The van der Waals surface area contributed by atoms with Gasteiger partial charge in [-0.1, -0.05) is 23.2 Å². The van der Waals surface area contributed by atoms with Gasteiger partial charge in [-0.3, -0.25) is 4.79 Å². The van der Waals surface area contributed by atoms with Gasteiger partial charge in [-0.2, -0.15) is 0 Å². The van der Waals surface area contributed by atoms with Crippen molar-refractivity contribution in [3.63, 3.8) is 0 Å². The fourth-order valence-corrected chi connectivity index (χ4v) is 1.31. The lowest BCUT2D eigenvalue weighted by Crippen LogP contribution is -1.98. The van der Waals surface area contributed by atoms with Crippen LogP contribution < -0.4 is 0 Å². The van der Waals surface area contributed by atoms with Gasteiger partial charge in [0.05, 0.1) is 6.21 Å². The molecule has 0 amide bonds. The minimum absolute atomic E-state index is 0.336. The summed E-state index contributed by atoms with van der Waals surface area (Å²) in [6.07, 6.45) is 0.724. The molecular weight excluding hydrogens is 197 g/mol. The monoisotopic (exact) mass is 201 g/mol. The molecule has 0 aliphatic carbocycles. The molecule has 0 fully saturated rings. The van der Waals surface area contributed by atoms with E-state index in [0.717, 1.165) is 6.21 Å². The van der Waals surface area contributed by atoms with Crippen LogP contribution in [0.2, 0.25) is 10.0 Å². The van der Waals surface area contributed by atoms with Gasteiger partial charge in [-0.25, -0.2) is 0 Å². The average molecular weight is 202 g/mol. The Morgan fingerprint density at radius 2 is 1.75 bits per heavy atom. The zero-order valence-corrected chi connectivity index (χ0v) is 7.49. The topological polar surface area (TPSA) is 40.9 Å². The fraction of sp³-hybridized carbons (Fsp3) is 0. The molecule has 0 unspecified atom stereocenters. The molecule has 0 atom stereocenters. The van der Waals surface area contributed by atoms with Crippen LogP contribution in [0.1, 0.15) is 10.4 Å². The van der Waals surface area contributed by atoms with Crippen LogP contribution in [-0.2, 0) is 0 Å². The Labute approximate surface area is 79.6 Å². The summed E-state index contributed by atoms with van der Waals surface area (Å²) in [5.41, 5.74) is 0.336. The normalized spacial score (nSPS) is 9.50. The Morgan fingerprint density at radius 1 is 1.25 bits per heavy atom. The van der Waals surface area contributed by atoms with E-state index in [1.54, 1.807) is 0 Å². The summed E-state index contributed by atoms with van der Waals surface area (Å²) in [6, 6.07) is 4.48. The highest BCUT2D eigenvalue weighted by Crippen LogP contribution is 2.18. The molecule has 1 aromatic rings. The maximum absolute atomic E-state index is 11.0. The molecule has 0 bridgehead atoms. The van der Waals surface area contributed by atoms with Gasteiger partial charge < -0.3 is 5.41 Å². The summed E-state index contributed by atoms with van der Waals surface area (Å²) in [4.78, 5) is 11.0. The molecule has 12 heavy (non-hydrogen) atoms. The number of benzene rings is 1. The van der Waals surface area contributed by atoms with Crippen molar-refractivity contribution in [2.45, 2.75) is 0 Å². The number of halogens is 2. The Balaban J connectivity index is 3.17. The van der Waals surface area contributed by atoms with Gasteiger partial charge in [0.2, 0.25) is 5.78 Å². The van der Waals surface area contributed by atoms with Crippen LogP contribution in [0.3, 0.4) is 0 Å². The Hall–Kier alpha value is -0.860. The molecule has 0 radical (unpaired) electrons. The molecule has 62 valence electrons. The second-order valence-corrected chi connectivity index (χ2v) is 3.04. The standard InChI is InChI=1S/C8H5Cl2NO/c9-6-1-5(8(12)4-11)2-7(10)3-6/h1-4,11H. The highest BCUT2D eigenvalue weighted by molar-refractivity contribution is 6.38. The lowest BCUT2D eigenvalue weighted by molar-refractivity contribution is 0.107. The third kappa shape index (κ3) is 2.06. The quantitative estimate of drug-likeness (QED) is 0.581.